The summed E-state index contributed by atoms with van der Waals surface area (Å²) < 4.78 is 1.91. The number of carbonyl (C=O) groups excluding carboxylic acids is 1. The van der Waals surface area contributed by atoms with Crippen LogP contribution in [0.1, 0.15) is 22.6 Å². The van der Waals surface area contributed by atoms with Crippen molar-refractivity contribution in [3.8, 4) is 0 Å². The minimum absolute atomic E-state index is 0.135. The first-order valence-corrected chi connectivity index (χ1v) is 5.93. The predicted molar refractivity (Wildman–Crippen MR) is 70.7 cm³/mol. The van der Waals surface area contributed by atoms with Crippen LogP contribution < -0.4 is 0 Å². The maximum Gasteiger partial charge on any atom is 0.185 e. The Morgan fingerprint density at radius 1 is 1.17 bits per heavy atom. The molecule has 1 aliphatic rings. The van der Waals surface area contributed by atoms with E-state index in [4.69, 9.17) is 0 Å². The van der Waals surface area contributed by atoms with E-state index in [1.54, 1.807) is 0 Å². The molecule has 86 valence electrons. The molecule has 1 aromatic carbocycles. The van der Waals surface area contributed by atoms with Crippen molar-refractivity contribution in [1.29, 1.82) is 0 Å². The van der Waals surface area contributed by atoms with Gasteiger partial charge in [0.2, 0.25) is 0 Å². The van der Waals surface area contributed by atoms with Gasteiger partial charge in [-0.25, -0.2) is 4.98 Å². The molecule has 0 amide bonds. The predicted octanol–water partition coefficient (Wildman–Crippen LogP) is 3.09. The van der Waals surface area contributed by atoms with E-state index in [1.807, 2.05) is 47.0 Å². The Morgan fingerprint density at radius 2 is 2.00 bits per heavy atom. The van der Waals surface area contributed by atoms with E-state index in [1.165, 1.54) is 0 Å². The molecule has 3 aromatic rings. The highest BCUT2D eigenvalue weighted by atomic mass is 16.1. The van der Waals surface area contributed by atoms with Gasteiger partial charge in [0.25, 0.3) is 0 Å². The number of ketones is 1. The lowest BCUT2D eigenvalue weighted by Gasteiger charge is -2.05. The van der Waals surface area contributed by atoms with Crippen LogP contribution in [-0.4, -0.2) is 15.2 Å². The van der Waals surface area contributed by atoms with E-state index in [0.717, 1.165) is 22.1 Å². The summed E-state index contributed by atoms with van der Waals surface area (Å²) in [6, 6.07) is 10.1. The molecule has 1 aliphatic carbocycles. The number of imidazole rings is 1. The largest absolute Gasteiger partial charge is 0.296 e. The van der Waals surface area contributed by atoms with Gasteiger partial charge in [-0.3, -0.25) is 9.20 Å². The van der Waals surface area contributed by atoms with E-state index < -0.39 is 0 Å². The van der Waals surface area contributed by atoms with Gasteiger partial charge >= 0.3 is 0 Å². The number of allylic oxidation sites excluding steroid dienone is 1. The molecule has 2 heterocycles. The molecule has 0 saturated heterocycles. The van der Waals surface area contributed by atoms with Crippen LogP contribution in [-0.2, 0) is 0 Å². The third-order valence-electron chi connectivity index (χ3n) is 3.36. The van der Waals surface area contributed by atoms with Crippen LogP contribution in [0.25, 0.3) is 22.5 Å². The number of Topliss-reactive ketones (excluding diaryl/α,β-unsaturated/α-hetero) is 1. The summed E-state index contributed by atoms with van der Waals surface area (Å²) in [6.07, 6.45) is 6.26. The molecule has 0 saturated carbocycles. The normalized spacial score (nSPS) is 14.3. The number of carbonyl (C=O) groups is 1. The van der Waals surface area contributed by atoms with Gasteiger partial charge in [-0.05, 0) is 22.9 Å². The van der Waals surface area contributed by atoms with Crippen LogP contribution in [0, 0.1) is 0 Å². The number of benzene rings is 1. The third-order valence-corrected chi connectivity index (χ3v) is 3.36. The van der Waals surface area contributed by atoms with Crippen molar-refractivity contribution < 1.29 is 4.79 Å². The molecule has 3 nitrogen and oxygen atoms in total. The first kappa shape index (κ1) is 9.59. The molecule has 0 bridgehead atoms. The van der Waals surface area contributed by atoms with E-state index in [9.17, 15) is 4.79 Å². The SMILES string of the molecule is O=C1CC=Cc2nc3cc4ccccc4cn3c21. The van der Waals surface area contributed by atoms with E-state index in [0.29, 0.717) is 12.1 Å². The molecule has 4 rings (SSSR count). The molecule has 0 aliphatic heterocycles. The quantitative estimate of drug-likeness (QED) is 0.599. The summed E-state index contributed by atoms with van der Waals surface area (Å²) >= 11 is 0. The van der Waals surface area contributed by atoms with Crippen LogP contribution >= 0.6 is 0 Å². The molecule has 0 spiro atoms. The Bertz CT molecular complexity index is 827. The summed E-state index contributed by atoms with van der Waals surface area (Å²) in [5.74, 6) is 0.135. The van der Waals surface area contributed by atoms with Gasteiger partial charge < -0.3 is 0 Å². The number of pyridine rings is 1. The minimum atomic E-state index is 0.135. The lowest BCUT2D eigenvalue weighted by atomic mass is 10.1. The van der Waals surface area contributed by atoms with E-state index in [-0.39, 0.29) is 5.78 Å². The highest BCUT2D eigenvalue weighted by molar-refractivity contribution is 6.02. The average molecular weight is 234 g/mol. The topological polar surface area (TPSA) is 34.4 Å². The van der Waals surface area contributed by atoms with E-state index >= 15 is 0 Å². The number of aromatic nitrogens is 2. The molecule has 0 unspecified atom stereocenters. The highest BCUT2D eigenvalue weighted by Crippen LogP contribution is 2.24. The third kappa shape index (κ3) is 1.19. The van der Waals surface area contributed by atoms with Crippen molar-refractivity contribution in [2.75, 3.05) is 0 Å². The van der Waals surface area contributed by atoms with Gasteiger partial charge in [0.15, 0.2) is 5.78 Å². The number of rotatable bonds is 0. The number of hydrogen-bond acceptors (Lipinski definition) is 2. The Kier molecular flexibility index (Phi) is 1.75. The molecule has 0 N–H and O–H groups in total. The van der Waals surface area contributed by atoms with Crippen LogP contribution in [0.3, 0.4) is 0 Å². The molecule has 0 fully saturated rings. The molecule has 3 heteroatoms. The van der Waals surface area contributed by atoms with Gasteiger partial charge in [-0.1, -0.05) is 30.3 Å². The van der Waals surface area contributed by atoms with Crippen molar-refractivity contribution in [2.24, 2.45) is 0 Å². The van der Waals surface area contributed by atoms with Gasteiger partial charge in [-0.15, -0.1) is 0 Å². The Balaban J connectivity index is 2.18. The summed E-state index contributed by atoms with van der Waals surface area (Å²) in [6.45, 7) is 0. The Labute approximate surface area is 103 Å². The fourth-order valence-corrected chi connectivity index (χ4v) is 2.51. The maximum absolute atomic E-state index is 12.0. The van der Waals surface area contributed by atoms with Crippen LogP contribution in [0.5, 0.6) is 0 Å². The zero-order chi connectivity index (χ0) is 12.1. The lowest BCUT2D eigenvalue weighted by Crippen LogP contribution is -2.06. The fraction of sp³-hybridized carbons (Fsp3) is 0.0667. The van der Waals surface area contributed by atoms with Crippen molar-refractivity contribution in [2.45, 2.75) is 6.42 Å². The fourth-order valence-electron chi connectivity index (χ4n) is 2.51. The molecular formula is C15H10N2O. The van der Waals surface area contributed by atoms with Crippen LogP contribution in [0.15, 0.2) is 42.6 Å². The zero-order valence-electron chi connectivity index (χ0n) is 9.63. The van der Waals surface area contributed by atoms with Crippen molar-refractivity contribution in [1.82, 2.24) is 9.38 Å². The lowest BCUT2D eigenvalue weighted by molar-refractivity contribution is 0.0989. The standard InChI is InChI=1S/C15H10N2O/c18-13-7-3-6-12-15(13)17-9-11-5-2-1-4-10(11)8-14(17)16-12/h1-6,8-9H,7H2. The minimum Gasteiger partial charge on any atom is -0.296 e. The monoisotopic (exact) mass is 234 g/mol. The first-order valence-electron chi connectivity index (χ1n) is 5.93. The van der Waals surface area contributed by atoms with Gasteiger partial charge in [-0.2, -0.15) is 0 Å². The van der Waals surface area contributed by atoms with Gasteiger partial charge in [0.1, 0.15) is 11.3 Å². The molecular weight excluding hydrogens is 224 g/mol. The zero-order valence-corrected chi connectivity index (χ0v) is 9.63. The maximum atomic E-state index is 12.0. The number of nitrogens with zero attached hydrogens (tertiary/aromatic N) is 2. The smallest absolute Gasteiger partial charge is 0.185 e. The first-order chi connectivity index (χ1) is 8.83. The van der Waals surface area contributed by atoms with E-state index in [2.05, 4.69) is 11.1 Å². The van der Waals surface area contributed by atoms with Crippen LogP contribution in [0.2, 0.25) is 0 Å². The van der Waals surface area contributed by atoms with Crippen LogP contribution in [0.4, 0.5) is 0 Å². The molecule has 18 heavy (non-hydrogen) atoms. The highest BCUT2D eigenvalue weighted by Gasteiger charge is 2.19. The summed E-state index contributed by atoms with van der Waals surface area (Å²) in [4.78, 5) is 16.5. The molecule has 2 aromatic heterocycles. The van der Waals surface area contributed by atoms with Gasteiger partial charge in [0.05, 0.1) is 5.69 Å². The second-order valence-corrected chi connectivity index (χ2v) is 4.51. The second kappa shape index (κ2) is 3.29. The molecule has 0 atom stereocenters. The Morgan fingerprint density at radius 3 is 2.89 bits per heavy atom. The van der Waals surface area contributed by atoms with Gasteiger partial charge in [0, 0.05) is 12.6 Å². The van der Waals surface area contributed by atoms with Crippen molar-refractivity contribution in [3.63, 3.8) is 0 Å². The number of hydrogen-bond donors (Lipinski definition) is 0. The van der Waals surface area contributed by atoms with Crippen molar-refractivity contribution >= 4 is 28.3 Å². The second-order valence-electron chi connectivity index (χ2n) is 4.51. The summed E-state index contributed by atoms with van der Waals surface area (Å²) in [5.41, 5.74) is 2.32. The van der Waals surface area contributed by atoms with Crippen molar-refractivity contribution in [3.05, 3.63) is 54.0 Å². The molecule has 0 radical (unpaired) electrons. The number of fused-ring (bicyclic) bond motifs is 4. The summed E-state index contributed by atoms with van der Waals surface area (Å²) in [5, 5.41) is 2.26. The summed E-state index contributed by atoms with van der Waals surface area (Å²) in [7, 11) is 0. The Hall–Kier alpha value is -2.42. The average Bonchev–Trinajstić information content (AvgIpc) is 2.74.